The second-order valence-electron chi connectivity index (χ2n) is 5.97. The number of nitrogens with zero attached hydrogens (tertiary/aromatic N) is 1. The summed E-state index contributed by atoms with van der Waals surface area (Å²) in [5, 5.41) is 8.59. The first-order chi connectivity index (χ1) is 13.0. The van der Waals surface area contributed by atoms with Crippen LogP contribution in [0.4, 0.5) is 10.8 Å². The van der Waals surface area contributed by atoms with Crippen LogP contribution in [0.3, 0.4) is 0 Å². The summed E-state index contributed by atoms with van der Waals surface area (Å²) in [7, 11) is 0. The molecule has 0 fully saturated rings. The minimum atomic E-state index is -0.245. The van der Waals surface area contributed by atoms with E-state index < -0.39 is 0 Å². The van der Waals surface area contributed by atoms with E-state index in [1.54, 1.807) is 24.3 Å². The SMILES string of the molecule is Cc1ccccc1NC(=O)CCc1csc(NC(=O)c2ccc(Cl)cc2)n1. The van der Waals surface area contributed by atoms with Gasteiger partial charge in [-0.25, -0.2) is 4.98 Å². The monoisotopic (exact) mass is 399 g/mol. The van der Waals surface area contributed by atoms with Gasteiger partial charge in [0, 0.05) is 28.1 Å². The van der Waals surface area contributed by atoms with Gasteiger partial charge in [0.1, 0.15) is 0 Å². The van der Waals surface area contributed by atoms with Crippen LogP contribution in [0, 0.1) is 6.92 Å². The highest BCUT2D eigenvalue weighted by atomic mass is 35.5. The summed E-state index contributed by atoms with van der Waals surface area (Å²) in [4.78, 5) is 28.7. The number of carbonyl (C=O) groups is 2. The Morgan fingerprint density at radius 3 is 2.56 bits per heavy atom. The molecule has 0 aliphatic heterocycles. The molecule has 0 saturated carbocycles. The highest BCUT2D eigenvalue weighted by Gasteiger charge is 2.11. The Hall–Kier alpha value is -2.70. The molecule has 0 aliphatic rings. The summed E-state index contributed by atoms with van der Waals surface area (Å²) >= 11 is 7.16. The number of rotatable bonds is 6. The maximum Gasteiger partial charge on any atom is 0.257 e. The Morgan fingerprint density at radius 2 is 1.81 bits per heavy atom. The molecule has 0 radical (unpaired) electrons. The maximum absolute atomic E-state index is 12.2. The first-order valence-electron chi connectivity index (χ1n) is 8.38. The topological polar surface area (TPSA) is 71.1 Å². The third-order valence-electron chi connectivity index (χ3n) is 3.91. The zero-order chi connectivity index (χ0) is 19.2. The third-order valence-corrected chi connectivity index (χ3v) is 4.96. The second-order valence-corrected chi connectivity index (χ2v) is 7.26. The van der Waals surface area contributed by atoms with E-state index >= 15 is 0 Å². The number of nitrogens with one attached hydrogen (secondary N) is 2. The number of thiazole rings is 1. The van der Waals surface area contributed by atoms with Crippen LogP contribution in [0.15, 0.2) is 53.9 Å². The molecule has 1 heterocycles. The van der Waals surface area contributed by atoms with E-state index in [4.69, 9.17) is 11.6 Å². The molecular formula is C20H18ClN3O2S. The zero-order valence-electron chi connectivity index (χ0n) is 14.7. The fourth-order valence-corrected chi connectivity index (χ4v) is 3.28. The molecule has 0 unspecified atom stereocenters. The van der Waals surface area contributed by atoms with Crippen molar-refractivity contribution < 1.29 is 9.59 Å². The van der Waals surface area contributed by atoms with Crippen molar-refractivity contribution in [2.45, 2.75) is 19.8 Å². The molecule has 3 aromatic rings. The molecular weight excluding hydrogens is 382 g/mol. The van der Waals surface area contributed by atoms with Gasteiger partial charge in [-0.2, -0.15) is 0 Å². The molecule has 27 heavy (non-hydrogen) atoms. The zero-order valence-corrected chi connectivity index (χ0v) is 16.2. The number of amides is 2. The van der Waals surface area contributed by atoms with E-state index in [2.05, 4.69) is 15.6 Å². The van der Waals surface area contributed by atoms with E-state index in [0.717, 1.165) is 16.9 Å². The summed E-state index contributed by atoms with van der Waals surface area (Å²) in [5.74, 6) is -0.311. The van der Waals surface area contributed by atoms with Crippen LogP contribution in [-0.2, 0) is 11.2 Å². The number of carbonyl (C=O) groups excluding carboxylic acids is 2. The summed E-state index contributed by atoms with van der Waals surface area (Å²) in [6, 6.07) is 14.3. The predicted molar refractivity (Wildman–Crippen MR) is 110 cm³/mol. The first-order valence-corrected chi connectivity index (χ1v) is 9.64. The number of benzene rings is 2. The van der Waals surface area contributed by atoms with E-state index in [0.29, 0.717) is 28.6 Å². The number of aromatic nitrogens is 1. The maximum atomic E-state index is 12.2. The lowest BCUT2D eigenvalue weighted by Gasteiger charge is -2.07. The van der Waals surface area contributed by atoms with Gasteiger partial charge in [-0.15, -0.1) is 11.3 Å². The van der Waals surface area contributed by atoms with Gasteiger partial charge in [-0.05, 0) is 49.2 Å². The minimum Gasteiger partial charge on any atom is -0.326 e. The number of halogens is 1. The van der Waals surface area contributed by atoms with Crippen molar-refractivity contribution in [2.75, 3.05) is 10.6 Å². The molecule has 0 bridgehead atoms. The van der Waals surface area contributed by atoms with Crippen molar-refractivity contribution in [3.05, 3.63) is 75.8 Å². The van der Waals surface area contributed by atoms with Crippen molar-refractivity contribution in [3.8, 4) is 0 Å². The summed E-state index contributed by atoms with van der Waals surface area (Å²) in [5.41, 5.74) is 3.11. The van der Waals surface area contributed by atoms with Crippen LogP contribution in [0.25, 0.3) is 0 Å². The van der Waals surface area contributed by atoms with Crippen molar-refractivity contribution in [1.82, 2.24) is 4.98 Å². The van der Waals surface area contributed by atoms with Gasteiger partial charge in [0.05, 0.1) is 5.69 Å². The smallest absolute Gasteiger partial charge is 0.257 e. The molecule has 0 aliphatic carbocycles. The van der Waals surface area contributed by atoms with Gasteiger partial charge in [0.25, 0.3) is 5.91 Å². The van der Waals surface area contributed by atoms with Crippen molar-refractivity contribution in [3.63, 3.8) is 0 Å². The first kappa shape index (κ1) is 19.1. The van der Waals surface area contributed by atoms with E-state index in [1.807, 2.05) is 36.6 Å². The molecule has 0 spiro atoms. The Morgan fingerprint density at radius 1 is 1.07 bits per heavy atom. The fraction of sp³-hybridized carbons (Fsp3) is 0.150. The number of hydrogen-bond donors (Lipinski definition) is 2. The normalized spacial score (nSPS) is 10.4. The summed E-state index contributed by atoms with van der Waals surface area (Å²) in [6.45, 7) is 1.95. The molecule has 138 valence electrons. The number of hydrogen-bond acceptors (Lipinski definition) is 4. The lowest BCUT2D eigenvalue weighted by Crippen LogP contribution is -2.13. The van der Waals surface area contributed by atoms with E-state index in [1.165, 1.54) is 11.3 Å². The Bertz CT molecular complexity index is 954. The Labute approximate surface area is 166 Å². The second kappa shape index (κ2) is 8.79. The molecule has 2 aromatic carbocycles. The number of para-hydroxylation sites is 1. The molecule has 2 N–H and O–H groups in total. The molecule has 5 nitrogen and oxygen atoms in total. The lowest BCUT2D eigenvalue weighted by atomic mass is 10.2. The van der Waals surface area contributed by atoms with Gasteiger partial charge >= 0.3 is 0 Å². The molecule has 3 rings (SSSR count). The van der Waals surface area contributed by atoms with Gasteiger partial charge in [-0.1, -0.05) is 29.8 Å². The lowest BCUT2D eigenvalue weighted by molar-refractivity contribution is -0.116. The van der Waals surface area contributed by atoms with Crippen molar-refractivity contribution in [1.29, 1.82) is 0 Å². The van der Waals surface area contributed by atoms with Crippen molar-refractivity contribution in [2.24, 2.45) is 0 Å². The van der Waals surface area contributed by atoms with E-state index in [9.17, 15) is 9.59 Å². The fourth-order valence-electron chi connectivity index (χ4n) is 2.42. The van der Waals surface area contributed by atoms with Crippen LogP contribution in [0.2, 0.25) is 5.02 Å². The van der Waals surface area contributed by atoms with Gasteiger partial charge in [0.2, 0.25) is 5.91 Å². The van der Waals surface area contributed by atoms with Gasteiger partial charge in [-0.3, -0.25) is 14.9 Å². The quantitative estimate of drug-likeness (QED) is 0.617. The third kappa shape index (κ3) is 5.39. The average Bonchev–Trinajstić information content (AvgIpc) is 3.10. The van der Waals surface area contributed by atoms with Crippen molar-refractivity contribution >= 4 is 45.6 Å². The number of aryl methyl sites for hydroxylation is 2. The molecule has 0 saturated heterocycles. The molecule has 0 atom stereocenters. The molecule has 7 heteroatoms. The highest BCUT2D eigenvalue weighted by molar-refractivity contribution is 7.14. The summed E-state index contributed by atoms with van der Waals surface area (Å²) in [6.07, 6.45) is 0.827. The Kier molecular flexibility index (Phi) is 6.21. The Balaban J connectivity index is 1.52. The predicted octanol–water partition coefficient (Wildman–Crippen LogP) is 4.93. The van der Waals surface area contributed by atoms with Crippen LogP contribution in [0.1, 0.15) is 28.0 Å². The summed E-state index contributed by atoms with van der Waals surface area (Å²) < 4.78 is 0. The van der Waals surface area contributed by atoms with Crippen LogP contribution >= 0.6 is 22.9 Å². The highest BCUT2D eigenvalue weighted by Crippen LogP contribution is 2.19. The van der Waals surface area contributed by atoms with Crippen LogP contribution in [0.5, 0.6) is 0 Å². The van der Waals surface area contributed by atoms with Gasteiger partial charge < -0.3 is 5.32 Å². The number of anilines is 2. The molecule has 2 amide bonds. The van der Waals surface area contributed by atoms with Crippen LogP contribution < -0.4 is 10.6 Å². The van der Waals surface area contributed by atoms with E-state index in [-0.39, 0.29) is 11.8 Å². The average molecular weight is 400 g/mol. The standard InChI is InChI=1S/C20H18ClN3O2S/c1-13-4-2-3-5-17(13)23-18(25)11-10-16-12-27-20(22-16)24-19(26)14-6-8-15(21)9-7-14/h2-9,12H,10-11H2,1H3,(H,23,25)(H,22,24,26). The minimum absolute atomic E-state index is 0.0657. The largest absolute Gasteiger partial charge is 0.326 e. The van der Waals surface area contributed by atoms with Crippen LogP contribution in [-0.4, -0.2) is 16.8 Å². The molecule has 1 aromatic heterocycles. The van der Waals surface area contributed by atoms with Gasteiger partial charge in [0.15, 0.2) is 5.13 Å².